The van der Waals surface area contributed by atoms with Crippen molar-refractivity contribution in [2.75, 3.05) is 4.90 Å². The fraction of sp³-hybridized carbons (Fsp3) is 0. The lowest BCUT2D eigenvalue weighted by Gasteiger charge is -2.27. The van der Waals surface area contributed by atoms with Gasteiger partial charge in [-0.15, -0.1) is 0 Å². The van der Waals surface area contributed by atoms with Crippen LogP contribution in [0.2, 0.25) is 0 Å². The number of para-hydroxylation sites is 2. The quantitative estimate of drug-likeness (QED) is 0.172. The van der Waals surface area contributed by atoms with Crippen LogP contribution in [0.3, 0.4) is 0 Å². The summed E-state index contributed by atoms with van der Waals surface area (Å²) in [5, 5.41) is 7.46. The van der Waals surface area contributed by atoms with E-state index in [1.54, 1.807) is 0 Å². The summed E-state index contributed by atoms with van der Waals surface area (Å²) in [5.74, 6) is 0. The summed E-state index contributed by atoms with van der Waals surface area (Å²) in [6.45, 7) is 0. The number of nitrogens with zero attached hydrogens (tertiary/aromatic N) is 2. The summed E-state index contributed by atoms with van der Waals surface area (Å²) in [6.07, 6.45) is 0. The van der Waals surface area contributed by atoms with Gasteiger partial charge < -0.3 is 9.47 Å². The predicted octanol–water partition coefficient (Wildman–Crippen LogP) is 13.9. The number of hydrogen-bond acceptors (Lipinski definition) is 1. The van der Waals surface area contributed by atoms with Crippen LogP contribution < -0.4 is 4.90 Å². The summed E-state index contributed by atoms with van der Waals surface area (Å²) in [6, 6.07) is 74.6. The molecule has 244 valence electrons. The van der Waals surface area contributed by atoms with Crippen LogP contribution in [0.15, 0.2) is 206 Å². The molecule has 2 nitrogen and oxygen atoms in total. The van der Waals surface area contributed by atoms with Crippen molar-refractivity contribution >= 4 is 60.4 Å². The Balaban J connectivity index is 1.16. The van der Waals surface area contributed by atoms with Crippen LogP contribution in [0.1, 0.15) is 0 Å². The molecule has 0 saturated heterocycles. The monoisotopic (exact) mass is 662 g/mol. The van der Waals surface area contributed by atoms with Crippen LogP contribution in [0.5, 0.6) is 0 Å². The highest BCUT2D eigenvalue weighted by Gasteiger charge is 2.18. The minimum absolute atomic E-state index is 1.10. The van der Waals surface area contributed by atoms with Gasteiger partial charge in [0.15, 0.2) is 0 Å². The fourth-order valence-corrected chi connectivity index (χ4v) is 7.93. The van der Waals surface area contributed by atoms with Gasteiger partial charge in [-0.2, -0.15) is 0 Å². The molecular weight excluding hydrogens is 629 g/mol. The van der Waals surface area contributed by atoms with Gasteiger partial charge in [-0.1, -0.05) is 152 Å². The molecule has 0 spiro atoms. The molecule has 52 heavy (non-hydrogen) atoms. The van der Waals surface area contributed by atoms with Crippen LogP contribution in [-0.4, -0.2) is 4.57 Å². The van der Waals surface area contributed by atoms with Crippen LogP contribution in [0.4, 0.5) is 17.1 Å². The number of benzene rings is 9. The number of rotatable bonds is 6. The Morgan fingerprint density at radius 1 is 0.327 bits per heavy atom. The molecule has 0 aliphatic rings. The van der Waals surface area contributed by atoms with Gasteiger partial charge in [-0.25, -0.2) is 0 Å². The molecule has 0 radical (unpaired) electrons. The highest BCUT2D eigenvalue weighted by atomic mass is 15.1. The molecule has 0 bridgehead atoms. The Bertz CT molecular complexity index is 2880. The molecular formula is C50H34N2. The summed E-state index contributed by atoms with van der Waals surface area (Å²) >= 11 is 0. The topological polar surface area (TPSA) is 8.17 Å². The molecule has 0 atom stereocenters. The van der Waals surface area contributed by atoms with Gasteiger partial charge in [0.2, 0.25) is 0 Å². The van der Waals surface area contributed by atoms with E-state index < -0.39 is 0 Å². The molecule has 0 fully saturated rings. The van der Waals surface area contributed by atoms with Crippen LogP contribution in [0, 0.1) is 0 Å². The van der Waals surface area contributed by atoms with E-state index in [0.29, 0.717) is 0 Å². The van der Waals surface area contributed by atoms with E-state index in [9.17, 15) is 0 Å². The van der Waals surface area contributed by atoms with Crippen molar-refractivity contribution in [3.8, 4) is 27.9 Å². The third-order valence-corrected chi connectivity index (χ3v) is 10.3. The van der Waals surface area contributed by atoms with Crippen molar-refractivity contribution in [2.45, 2.75) is 0 Å². The maximum atomic E-state index is 2.42. The molecule has 10 aromatic rings. The summed E-state index contributed by atoms with van der Waals surface area (Å²) in [7, 11) is 0. The number of hydrogen-bond donors (Lipinski definition) is 0. The lowest BCUT2D eigenvalue weighted by molar-refractivity contribution is 1.19. The maximum absolute atomic E-state index is 2.42. The number of anilines is 3. The van der Waals surface area contributed by atoms with Gasteiger partial charge in [-0.05, 0) is 93.0 Å². The Hall–Kier alpha value is -6.90. The fourth-order valence-electron chi connectivity index (χ4n) is 7.93. The molecule has 2 heteroatoms. The van der Waals surface area contributed by atoms with E-state index in [1.165, 1.54) is 65.6 Å². The molecule has 0 N–H and O–H groups in total. The normalized spacial score (nSPS) is 11.5. The van der Waals surface area contributed by atoms with Gasteiger partial charge in [0.25, 0.3) is 0 Å². The Labute approximate surface area is 303 Å². The van der Waals surface area contributed by atoms with Gasteiger partial charge in [-0.3, -0.25) is 0 Å². The molecule has 0 unspecified atom stereocenters. The second-order valence-corrected chi connectivity index (χ2v) is 13.4. The zero-order valence-electron chi connectivity index (χ0n) is 28.5. The van der Waals surface area contributed by atoms with E-state index >= 15 is 0 Å². The summed E-state index contributed by atoms with van der Waals surface area (Å²) in [5.41, 5.74) is 11.8. The first-order valence-electron chi connectivity index (χ1n) is 17.9. The summed E-state index contributed by atoms with van der Waals surface area (Å²) < 4.78 is 2.42. The van der Waals surface area contributed by atoms with Gasteiger partial charge in [0.05, 0.1) is 11.0 Å². The first kappa shape index (κ1) is 30.0. The van der Waals surface area contributed by atoms with Crippen molar-refractivity contribution < 1.29 is 0 Å². The van der Waals surface area contributed by atoms with Crippen LogP contribution in [-0.2, 0) is 0 Å². The third kappa shape index (κ3) is 5.04. The largest absolute Gasteiger partial charge is 0.310 e. The lowest BCUT2D eigenvalue weighted by Crippen LogP contribution is -2.10. The smallest absolute Gasteiger partial charge is 0.0619 e. The minimum Gasteiger partial charge on any atom is -0.310 e. The van der Waals surface area contributed by atoms with E-state index in [-0.39, 0.29) is 0 Å². The standard InChI is InChI=1S/C50H34N2/c1-3-13-35(14-4-1)38-17-11-20-42(33-38)51(41-28-25-37(26-29-41)45-23-12-16-36-15-7-8-21-44(36)45)43-30-32-46-39(34-43)27-31-48-47-22-9-10-24-49(47)52(50(46)48)40-18-5-2-6-19-40/h1-34H. The molecule has 0 aliphatic heterocycles. The Morgan fingerprint density at radius 2 is 0.962 bits per heavy atom. The van der Waals surface area contributed by atoms with Crippen LogP contribution in [0.25, 0.3) is 71.3 Å². The van der Waals surface area contributed by atoms with Gasteiger partial charge >= 0.3 is 0 Å². The predicted molar refractivity (Wildman–Crippen MR) is 221 cm³/mol. The second-order valence-electron chi connectivity index (χ2n) is 13.4. The van der Waals surface area contributed by atoms with Gasteiger partial charge in [0.1, 0.15) is 0 Å². The Morgan fingerprint density at radius 3 is 1.81 bits per heavy atom. The first-order valence-corrected chi connectivity index (χ1v) is 17.9. The van der Waals surface area contributed by atoms with Crippen molar-refractivity contribution in [1.29, 1.82) is 0 Å². The van der Waals surface area contributed by atoms with Crippen molar-refractivity contribution in [3.05, 3.63) is 206 Å². The van der Waals surface area contributed by atoms with Crippen molar-refractivity contribution in [3.63, 3.8) is 0 Å². The molecule has 9 aromatic carbocycles. The van der Waals surface area contributed by atoms with E-state index in [4.69, 9.17) is 0 Å². The zero-order valence-corrected chi connectivity index (χ0v) is 28.5. The number of fused-ring (bicyclic) bond motifs is 6. The average Bonchev–Trinajstić information content (AvgIpc) is 3.57. The lowest BCUT2D eigenvalue weighted by atomic mass is 9.98. The second kappa shape index (κ2) is 12.5. The molecule has 10 rings (SSSR count). The van der Waals surface area contributed by atoms with E-state index in [0.717, 1.165) is 22.7 Å². The molecule has 0 amide bonds. The average molecular weight is 663 g/mol. The summed E-state index contributed by atoms with van der Waals surface area (Å²) in [4.78, 5) is 2.38. The van der Waals surface area contributed by atoms with Crippen molar-refractivity contribution in [1.82, 2.24) is 4.57 Å². The molecule has 0 aliphatic carbocycles. The molecule has 1 heterocycles. The van der Waals surface area contributed by atoms with Crippen molar-refractivity contribution in [2.24, 2.45) is 0 Å². The third-order valence-electron chi connectivity index (χ3n) is 10.3. The van der Waals surface area contributed by atoms with Gasteiger partial charge in [0, 0.05) is 38.9 Å². The highest BCUT2D eigenvalue weighted by Crippen LogP contribution is 2.42. The zero-order chi connectivity index (χ0) is 34.4. The number of aromatic nitrogens is 1. The molecule has 1 aromatic heterocycles. The highest BCUT2D eigenvalue weighted by molar-refractivity contribution is 6.19. The molecule has 0 saturated carbocycles. The Kier molecular flexibility index (Phi) is 7.18. The van der Waals surface area contributed by atoms with Crippen LogP contribution >= 0.6 is 0 Å². The van der Waals surface area contributed by atoms with E-state index in [1.807, 2.05) is 0 Å². The SMILES string of the molecule is c1ccc(-c2cccc(N(c3ccc(-c4cccc5ccccc45)cc3)c3ccc4c(ccc5c6ccccc6n(-c6ccccc6)c45)c3)c2)cc1. The first-order chi connectivity index (χ1) is 25.8. The minimum atomic E-state index is 1.10. The van der Waals surface area contributed by atoms with E-state index in [2.05, 4.69) is 216 Å². The maximum Gasteiger partial charge on any atom is 0.0619 e.